The quantitative estimate of drug-likeness (QED) is 0.528. The molecule has 98 valence electrons. The van der Waals surface area contributed by atoms with Crippen LogP contribution >= 0.6 is 0 Å². The van der Waals surface area contributed by atoms with Crippen molar-refractivity contribution >= 4 is 16.7 Å². The molecule has 3 heterocycles. The lowest BCUT2D eigenvalue weighted by Gasteiger charge is -2.02. The minimum Gasteiger partial charge on any atom is -0.269 e. The highest BCUT2D eigenvalue weighted by Crippen LogP contribution is 2.23. The lowest BCUT2D eigenvalue weighted by atomic mass is 10.3. The lowest BCUT2D eigenvalue weighted by molar-refractivity contribution is 0.874. The van der Waals surface area contributed by atoms with Gasteiger partial charge in [0.2, 0.25) is 0 Å². The Hall–Kier alpha value is -2.76. The van der Waals surface area contributed by atoms with Crippen LogP contribution in [0.1, 0.15) is 11.5 Å². The highest BCUT2D eigenvalue weighted by molar-refractivity contribution is 5.92. The van der Waals surface area contributed by atoms with Crippen LogP contribution in [0, 0.1) is 13.8 Å². The van der Waals surface area contributed by atoms with Crippen LogP contribution < -0.4 is 0 Å². The minimum atomic E-state index is 0.798. The van der Waals surface area contributed by atoms with E-state index in [1.807, 2.05) is 53.3 Å². The summed E-state index contributed by atoms with van der Waals surface area (Å²) in [6.07, 6.45) is 1.74. The molecule has 1 aromatic carbocycles. The molecule has 0 atom stereocenters. The maximum Gasteiger partial charge on any atom is 0.175 e. The van der Waals surface area contributed by atoms with Gasteiger partial charge in [0.05, 0.1) is 16.8 Å². The van der Waals surface area contributed by atoms with E-state index in [4.69, 9.17) is 0 Å². The first-order chi connectivity index (χ1) is 9.75. The molecule has 4 aromatic rings. The van der Waals surface area contributed by atoms with Gasteiger partial charge in [0, 0.05) is 0 Å². The van der Waals surface area contributed by atoms with Crippen LogP contribution in [0.15, 0.2) is 36.7 Å². The van der Waals surface area contributed by atoms with Gasteiger partial charge in [0.1, 0.15) is 12.2 Å². The number of aryl methyl sites for hydroxylation is 2. The number of para-hydroxylation sites is 1. The average molecular weight is 264 g/mol. The summed E-state index contributed by atoms with van der Waals surface area (Å²) in [5.41, 5.74) is 3.48. The van der Waals surface area contributed by atoms with Crippen molar-refractivity contribution in [2.24, 2.45) is 0 Å². The molecule has 4 rings (SSSR count). The van der Waals surface area contributed by atoms with E-state index in [0.717, 1.165) is 33.9 Å². The first kappa shape index (κ1) is 11.1. The molecule has 0 spiro atoms. The molecule has 20 heavy (non-hydrogen) atoms. The fraction of sp³-hybridized carbons (Fsp3) is 0.143. The Morgan fingerprint density at radius 3 is 2.55 bits per heavy atom. The molecule has 0 aliphatic carbocycles. The Kier molecular flexibility index (Phi) is 2.14. The van der Waals surface area contributed by atoms with E-state index < -0.39 is 0 Å². The van der Waals surface area contributed by atoms with Crippen LogP contribution in [0.4, 0.5) is 0 Å². The zero-order valence-corrected chi connectivity index (χ0v) is 11.1. The Bertz CT molecular complexity index is 919. The Balaban J connectivity index is 2.13. The van der Waals surface area contributed by atoms with Crippen LogP contribution in [-0.2, 0) is 0 Å². The first-order valence-electron chi connectivity index (χ1n) is 6.37. The van der Waals surface area contributed by atoms with Crippen molar-refractivity contribution in [3.05, 3.63) is 48.2 Å². The van der Waals surface area contributed by atoms with Crippen LogP contribution in [-0.4, -0.2) is 29.4 Å². The molecule has 0 bridgehead atoms. The van der Waals surface area contributed by atoms with E-state index in [0.29, 0.717) is 0 Å². The number of nitrogens with zero attached hydrogens (tertiary/aromatic N) is 6. The second-order valence-electron chi connectivity index (χ2n) is 4.72. The van der Waals surface area contributed by atoms with Crippen molar-refractivity contribution in [3.8, 4) is 5.69 Å². The predicted octanol–water partition coefficient (Wildman–Crippen LogP) is 2.08. The second-order valence-corrected chi connectivity index (χ2v) is 4.72. The standard InChI is InChI=1S/C14H12N6/c1-9-12-13(15-8-19-10(2)16-17-14(12)19)20(18-9)11-6-4-3-5-7-11/h3-8H,1-2H3. The van der Waals surface area contributed by atoms with Gasteiger partial charge in [0.15, 0.2) is 11.3 Å². The van der Waals surface area contributed by atoms with E-state index in [2.05, 4.69) is 20.3 Å². The van der Waals surface area contributed by atoms with Crippen molar-refractivity contribution in [1.82, 2.24) is 29.4 Å². The van der Waals surface area contributed by atoms with Crippen LogP contribution in [0.5, 0.6) is 0 Å². The highest BCUT2D eigenvalue weighted by atomic mass is 15.3. The van der Waals surface area contributed by atoms with Crippen molar-refractivity contribution in [3.63, 3.8) is 0 Å². The largest absolute Gasteiger partial charge is 0.269 e. The maximum absolute atomic E-state index is 4.59. The van der Waals surface area contributed by atoms with Crippen molar-refractivity contribution in [2.45, 2.75) is 13.8 Å². The molecule has 0 unspecified atom stereocenters. The van der Waals surface area contributed by atoms with E-state index in [9.17, 15) is 0 Å². The van der Waals surface area contributed by atoms with Gasteiger partial charge in [-0.3, -0.25) is 4.40 Å². The van der Waals surface area contributed by atoms with Crippen molar-refractivity contribution in [1.29, 1.82) is 0 Å². The number of aromatic nitrogens is 6. The maximum atomic E-state index is 4.59. The summed E-state index contributed by atoms with van der Waals surface area (Å²) < 4.78 is 3.72. The van der Waals surface area contributed by atoms with Crippen LogP contribution in [0.3, 0.4) is 0 Å². The molecule has 0 N–H and O–H groups in total. The molecule has 6 nitrogen and oxygen atoms in total. The fourth-order valence-corrected chi connectivity index (χ4v) is 2.44. The summed E-state index contributed by atoms with van der Waals surface area (Å²) in [5, 5.41) is 13.9. The van der Waals surface area contributed by atoms with Crippen LogP contribution in [0.2, 0.25) is 0 Å². The average Bonchev–Trinajstić information content (AvgIpc) is 3.01. The SMILES string of the molecule is Cc1nn(-c2ccccc2)c2ncn3c(C)nnc3c12. The van der Waals surface area contributed by atoms with E-state index in [1.54, 1.807) is 6.33 Å². The molecular weight excluding hydrogens is 252 g/mol. The topological polar surface area (TPSA) is 60.9 Å². The number of fused-ring (bicyclic) bond motifs is 3. The number of rotatable bonds is 1. The zero-order valence-electron chi connectivity index (χ0n) is 11.1. The van der Waals surface area contributed by atoms with E-state index in [-0.39, 0.29) is 0 Å². The summed E-state index contributed by atoms with van der Waals surface area (Å²) in [6, 6.07) is 9.96. The third kappa shape index (κ3) is 1.38. The van der Waals surface area contributed by atoms with E-state index >= 15 is 0 Å². The zero-order chi connectivity index (χ0) is 13.7. The van der Waals surface area contributed by atoms with Crippen LogP contribution in [0.25, 0.3) is 22.4 Å². The van der Waals surface area contributed by atoms with Crippen molar-refractivity contribution in [2.75, 3.05) is 0 Å². The number of hydrogen-bond donors (Lipinski definition) is 0. The third-order valence-corrected chi connectivity index (χ3v) is 3.42. The molecule has 0 amide bonds. The first-order valence-corrected chi connectivity index (χ1v) is 6.37. The summed E-state index contributed by atoms with van der Waals surface area (Å²) >= 11 is 0. The van der Waals surface area contributed by atoms with Gasteiger partial charge in [-0.2, -0.15) is 5.10 Å². The monoisotopic (exact) mass is 264 g/mol. The van der Waals surface area contributed by atoms with Gasteiger partial charge in [-0.05, 0) is 26.0 Å². The summed E-state index contributed by atoms with van der Waals surface area (Å²) in [6.45, 7) is 3.87. The van der Waals surface area contributed by atoms with Gasteiger partial charge in [-0.15, -0.1) is 10.2 Å². The third-order valence-electron chi connectivity index (χ3n) is 3.42. The van der Waals surface area contributed by atoms with Gasteiger partial charge in [0.25, 0.3) is 0 Å². The fourth-order valence-electron chi connectivity index (χ4n) is 2.44. The summed E-state index contributed by atoms with van der Waals surface area (Å²) in [5.74, 6) is 0.821. The molecule has 6 heteroatoms. The molecule has 0 saturated carbocycles. The molecule has 0 radical (unpaired) electrons. The van der Waals surface area contributed by atoms with Gasteiger partial charge < -0.3 is 0 Å². The Morgan fingerprint density at radius 2 is 1.75 bits per heavy atom. The Morgan fingerprint density at radius 1 is 0.950 bits per heavy atom. The van der Waals surface area contributed by atoms with Crippen molar-refractivity contribution < 1.29 is 0 Å². The minimum absolute atomic E-state index is 0.798. The predicted molar refractivity (Wildman–Crippen MR) is 74.9 cm³/mol. The normalized spacial score (nSPS) is 11.5. The van der Waals surface area contributed by atoms with E-state index in [1.165, 1.54) is 0 Å². The molecule has 3 aromatic heterocycles. The summed E-state index contributed by atoms with van der Waals surface area (Å²) in [4.78, 5) is 4.52. The second kappa shape index (κ2) is 3.86. The smallest absolute Gasteiger partial charge is 0.175 e. The highest BCUT2D eigenvalue weighted by Gasteiger charge is 2.15. The molecule has 0 saturated heterocycles. The lowest BCUT2D eigenvalue weighted by Crippen LogP contribution is -1.98. The Labute approximate surface area is 114 Å². The molecule has 0 aliphatic rings. The molecule has 0 fully saturated rings. The molecular formula is C14H12N6. The van der Waals surface area contributed by atoms with Gasteiger partial charge in [-0.1, -0.05) is 18.2 Å². The number of hydrogen-bond acceptors (Lipinski definition) is 4. The number of benzene rings is 1. The summed E-state index contributed by atoms with van der Waals surface area (Å²) in [7, 11) is 0. The molecule has 0 aliphatic heterocycles. The van der Waals surface area contributed by atoms with Gasteiger partial charge in [-0.25, -0.2) is 9.67 Å². The van der Waals surface area contributed by atoms with Gasteiger partial charge >= 0.3 is 0 Å².